The van der Waals surface area contributed by atoms with Gasteiger partial charge in [-0.25, -0.2) is 9.36 Å². The molecular weight excluding hydrogens is 460 g/mol. The molecule has 0 N–H and O–H groups in total. The van der Waals surface area contributed by atoms with Gasteiger partial charge in [-0.2, -0.15) is 0 Å². The van der Waals surface area contributed by atoms with Gasteiger partial charge in [-0.05, 0) is 50.1 Å². The van der Waals surface area contributed by atoms with Gasteiger partial charge in [-0.15, -0.1) is 0 Å². The fourth-order valence-electron chi connectivity index (χ4n) is 5.81. The van der Waals surface area contributed by atoms with E-state index in [4.69, 9.17) is 0 Å². The van der Waals surface area contributed by atoms with Gasteiger partial charge in [0.15, 0.2) is 0 Å². The lowest BCUT2D eigenvalue weighted by Gasteiger charge is -2.32. The molecule has 6 heteroatoms. The molecule has 2 heterocycles. The summed E-state index contributed by atoms with van der Waals surface area (Å²) in [6, 6.07) is 29.2. The minimum atomic E-state index is -0.945. The number of benzene rings is 3. The van der Waals surface area contributed by atoms with Gasteiger partial charge >= 0.3 is 0 Å². The maximum atomic E-state index is 14.4. The summed E-state index contributed by atoms with van der Waals surface area (Å²) >= 11 is 0. The molecule has 0 aliphatic rings. The Morgan fingerprint density at radius 2 is 0.946 bits per heavy atom. The van der Waals surface area contributed by atoms with Crippen molar-refractivity contribution >= 4 is 0 Å². The van der Waals surface area contributed by atoms with E-state index >= 15 is 0 Å². The Balaban J connectivity index is 1.93. The molecule has 0 unspecified atom stereocenters. The Kier molecular flexibility index (Phi) is 6.12. The zero-order chi connectivity index (χ0) is 26.3. The summed E-state index contributed by atoms with van der Waals surface area (Å²) in [4.78, 5) is 28.7. The molecule has 0 bridgehead atoms. The third kappa shape index (κ3) is 3.55. The third-order valence-electron chi connectivity index (χ3n) is 7.76. The van der Waals surface area contributed by atoms with Crippen LogP contribution in [-0.4, -0.2) is 18.7 Å². The van der Waals surface area contributed by atoms with Gasteiger partial charge in [0, 0.05) is 25.5 Å². The zero-order valence-corrected chi connectivity index (χ0v) is 22.0. The number of hydrogen-bond donors (Lipinski definition) is 0. The number of hydrogen-bond acceptors (Lipinski definition) is 2. The summed E-state index contributed by atoms with van der Waals surface area (Å²) in [6.07, 6.45) is 0.542. The van der Waals surface area contributed by atoms with Gasteiger partial charge in [-0.3, -0.25) is 19.0 Å². The van der Waals surface area contributed by atoms with Crippen molar-refractivity contribution in [2.24, 2.45) is 14.1 Å². The zero-order valence-electron chi connectivity index (χ0n) is 22.0. The number of rotatable bonds is 6. The second-order valence-corrected chi connectivity index (χ2v) is 9.50. The van der Waals surface area contributed by atoms with Crippen LogP contribution in [0.2, 0.25) is 0 Å². The Morgan fingerprint density at radius 1 is 0.595 bits per heavy atom. The lowest BCUT2D eigenvalue weighted by molar-refractivity contribution is 0.575. The molecule has 0 amide bonds. The van der Waals surface area contributed by atoms with Gasteiger partial charge in [0.05, 0.1) is 27.9 Å². The van der Waals surface area contributed by atoms with Crippen LogP contribution in [0, 0.1) is 13.8 Å². The first-order valence-electron chi connectivity index (χ1n) is 12.6. The topological polar surface area (TPSA) is 53.9 Å². The summed E-state index contributed by atoms with van der Waals surface area (Å²) in [5, 5.41) is 0. The highest BCUT2D eigenvalue weighted by Gasteiger charge is 2.45. The van der Waals surface area contributed by atoms with Gasteiger partial charge in [0.2, 0.25) is 0 Å². The maximum Gasteiger partial charge on any atom is 0.276 e. The van der Waals surface area contributed by atoms with Gasteiger partial charge < -0.3 is 0 Å². The van der Waals surface area contributed by atoms with Crippen molar-refractivity contribution in [2.45, 2.75) is 32.6 Å². The normalized spacial score (nSPS) is 11.7. The van der Waals surface area contributed by atoms with E-state index in [-0.39, 0.29) is 11.1 Å². The van der Waals surface area contributed by atoms with Crippen molar-refractivity contribution in [3.05, 3.63) is 140 Å². The van der Waals surface area contributed by atoms with E-state index in [1.165, 1.54) is 0 Å². The fourth-order valence-corrected chi connectivity index (χ4v) is 5.81. The third-order valence-corrected chi connectivity index (χ3v) is 7.76. The van der Waals surface area contributed by atoms with Crippen LogP contribution < -0.4 is 11.1 Å². The average molecular weight is 493 g/mol. The first-order valence-corrected chi connectivity index (χ1v) is 12.6. The largest absolute Gasteiger partial charge is 0.285 e. The average Bonchev–Trinajstić information content (AvgIpc) is 3.29. The minimum Gasteiger partial charge on any atom is -0.285 e. The van der Waals surface area contributed by atoms with Crippen LogP contribution in [-0.2, 0) is 19.5 Å². The molecule has 188 valence electrons. The van der Waals surface area contributed by atoms with Crippen LogP contribution in [0.3, 0.4) is 0 Å². The molecule has 0 saturated heterocycles. The molecule has 0 spiro atoms. The Morgan fingerprint density at radius 3 is 1.30 bits per heavy atom. The molecule has 0 aliphatic carbocycles. The van der Waals surface area contributed by atoms with Crippen LogP contribution in [0.1, 0.15) is 41.4 Å². The highest BCUT2D eigenvalue weighted by atomic mass is 16.1. The van der Waals surface area contributed by atoms with E-state index in [0.717, 1.165) is 28.3 Å². The molecule has 37 heavy (non-hydrogen) atoms. The van der Waals surface area contributed by atoms with Crippen LogP contribution in [0.4, 0.5) is 0 Å². The molecule has 0 saturated carbocycles. The van der Waals surface area contributed by atoms with E-state index < -0.39 is 5.41 Å². The lowest BCUT2D eigenvalue weighted by atomic mass is 9.67. The Bertz CT molecular complexity index is 1570. The summed E-state index contributed by atoms with van der Waals surface area (Å²) in [5.74, 6) is 0. The number of nitrogens with zero attached hydrogens (tertiary/aromatic N) is 4. The van der Waals surface area contributed by atoms with Crippen molar-refractivity contribution in [1.82, 2.24) is 18.7 Å². The Labute approximate surface area is 216 Å². The smallest absolute Gasteiger partial charge is 0.276 e. The first kappa shape index (κ1) is 24.4. The molecule has 5 aromatic rings. The fraction of sp³-hybridized carbons (Fsp3) is 0.226. The highest BCUT2D eigenvalue weighted by molar-refractivity contribution is 5.54. The van der Waals surface area contributed by atoms with Crippen molar-refractivity contribution in [3.63, 3.8) is 0 Å². The van der Waals surface area contributed by atoms with E-state index in [0.29, 0.717) is 17.5 Å². The van der Waals surface area contributed by atoms with Crippen molar-refractivity contribution in [3.8, 4) is 11.4 Å². The van der Waals surface area contributed by atoms with E-state index in [2.05, 4.69) is 6.92 Å². The van der Waals surface area contributed by atoms with Crippen LogP contribution >= 0.6 is 0 Å². The molecule has 5 rings (SSSR count). The second kappa shape index (κ2) is 9.28. The molecule has 3 aromatic carbocycles. The molecule has 0 aliphatic heterocycles. The van der Waals surface area contributed by atoms with Crippen LogP contribution in [0.15, 0.2) is 101 Å². The van der Waals surface area contributed by atoms with Gasteiger partial charge in [0.25, 0.3) is 11.1 Å². The predicted octanol–water partition coefficient (Wildman–Crippen LogP) is 5.03. The van der Waals surface area contributed by atoms with Gasteiger partial charge in [0.1, 0.15) is 0 Å². The van der Waals surface area contributed by atoms with Crippen LogP contribution in [0.5, 0.6) is 0 Å². The quantitative estimate of drug-likeness (QED) is 0.334. The van der Waals surface area contributed by atoms with E-state index in [1.54, 1.807) is 9.36 Å². The molecule has 0 fully saturated rings. The summed E-state index contributed by atoms with van der Waals surface area (Å²) in [7, 11) is 3.80. The highest BCUT2D eigenvalue weighted by Crippen LogP contribution is 2.42. The number of aromatic nitrogens is 4. The molecule has 0 radical (unpaired) electrons. The molecular formula is C31H32N4O2. The van der Waals surface area contributed by atoms with Crippen molar-refractivity contribution < 1.29 is 0 Å². The monoisotopic (exact) mass is 492 g/mol. The second-order valence-electron chi connectivity index (χ2n) is 9.50. The molecule has 0 atom stereocenters. The first-order chi connectivity index (χ1) is 17.8. The molecule has 6 nitrogen and oxygen atoms in total. The maximum absolute atomic E-state index is 14.4. The van der Waals surface area contributed by atoms with Crippen LogP contribution in [0.25, 0.3) is 11.4 Å². The minimum absolute atomic E-state index is 0.120. The van der Waals surface area contributed by atoms with E-state index in [1.807, 2.05) is 128 Å². The standard InChI is InChI=1S/C31H32N4O2/c1-6-31(24-16-10-7-11-17-24,27-22(2)32(4)34(29(27)36)25-18-12-8-13-19-25)28-23(3)33(5)35(30(28)37)26-20-14-9-15-21-26/h7-21H,6H2,1-5H3. The predicted molar refractivity (Wildman–Crippen MR) is 148 cm³/mol. The van der Waals surface area contributed by atoms with Crippen molar-refractivity contribution in [1.29, 1.82) is 0 Å². The lowest BCUT2D eigenvalue weighted by Crippen LogP contribution is -2.39. The Hall–Kier alpha value is -4.32. The summed E-state index contributed by atoms with van der Waals surface area (Å²) in [5.41, 5.74) is 4.21. The van der Waals surface area contributed by atoms with E-state index in [9.17, 15) is 9.59 Å². The summed E-state index contributed by atoms with van der Waals surface area (Å²) in [6.45, 7) is 6.00. The summed E-state index contributed by atoms with van der Waals surface area (Å²) < 4.78 is 7.20. The van der Waals surface area contributed by atoms with Crippen molar-refractivity contribution in [2.75, 3.05) is 0 Å². The van der Waals surface area contributed by atoms with Gasteiger partial charge in [-0.1, -0.05) is 73.7 Å². The molecule has 2 aromatic heterocycles. The number of para-hydroxylation sites is 2. The SMILES string of the molecule is CCC(c1ccccc1)(c1c(C)n(C)n(-c2ccccc2)c1=O)c1c(C)n(C)n(-c2ccccc2)c1=O.